The molecule has 0 aliphatic carbocycles. The van der Waals surface area contributed by atoms with Crippen LogP contribution >= 0.6 is 0 Å². The van der Waals surface area contributed by atoms with Gasteiger partial charge in [-0.2, -0.15) is 0 Å². The van der Waals surface area contributed by atoms with E-state index in [0.29, 0.717) is 0 Å². The molecule has 0 saturated carbocycles. The minimum atomic E-state index is 1.07. The van der Waals surface area contributed by atoms with Crippen molar-refractivity contribution >= 4 is 6.21 Å². The van der Waals surface area contributed by atoms with Gasteiger partial charge in [-0.3, -0.25) is 4.99 Å². The van der Waals surface area contributed by atoms with E-state index in [1.54, 1.807) is 0 Å². The molecular weight excluding hydrogens is 146 g/mol. The maximum Gasteiger partial charge on any atom is 0.0385 e. The van der Waals surface area contributed by atoms with Crippen LogP contribution in [0.1, 0.15) is 57.8 Å². The van der Waals surface area contributed by atoms with Gasteiger partial charge in [0, 0.05) is 6.54 Å². The molecule has 1 nitrogen and oxygen atoms in total. The molecule has 0 N–H and O–H groups in total. The highest BCUT2D eigenvalue weighted by molar-refractivity contribution is 5.56. The lowest BCUT2D eigenvalue weighted by Gasteiger charge is -2.02. The molecule has 0 radical (unpaired) electrons. The van der Waals surface area contributed by atoms with Crippen LogP contribution in [-0.4, -0.2) is 12.8 Å². The quantitative estimate of drug-likeness (QED) is 0.523. The summed E-state index contributed by atoms with van der Waals surface area (Å²) in [7, 11) is 0. The highest BCUT2D eigenvalue weighted by Gasteiger charge is 1.93. The number of nitrogens with zero attached hydrogens (tertiary/aromatic N) is 1. The molecule has 0 saturated heterocycles. The Kier molecular flexibility index (Phi) is 5.96. The largest absolute Gasteiger partial charge is 0.298 e. The smallest absolute Gasteiger partial charge is 0.0385 e. The van der Waals surface area contributed by atoms with Gasteiger partial charge in [0.05, 0.1) is 0 Å². The second-order valence-corrected chi connectivity index (χ2v) is 3.71. The molecule has 0 aromatic rings. The second kappa shape index (κ2) is 7.33. The fraction of sp³-hybridized carbons (Fsp3) is 0.909. The molecule has 1 aliphatic heterocycles. The van der Waals surface area contributed by atoms with E-state index in [0.717, 1.165) is 6.54 Å². The maximum absolute atomic E-state index is 4.38. The van der Waals surface area contributed by atoms with E-state index in [1.807, 2.05) is 0 Å². The van der Waals surface area contributed by atoms with Crippen LogP contribution in [0.4, 0.5) is 0 Å². The summed E-state index contributed by atoms with van der Waals surface area (Å²) in [6.45, 7) is 1.07. The van der Waals surface area contributed by atoms with Gasteiger partial charge in [-0.15, -0.1) is 0 Å². The molecule has 0 unspecified atom stereocenters. The first kappa shape index (κ1) is 9.76. The summed E-state index contributed by atoms with van der Waals surface area (Å²) >= 11 is 0. The average molecular weight is 167 g/mol. The zero-order valence-electron chi connectivity index (χ0n) is 8.10. The van der Waals surface area contributed by atoms with Crippen molar-refractivity contribution in [2.24, 2.45) is 4.99 Å². The summed E-state index contributed by atoms with van der Waals surface area (Å²) in [5, 5.41) is 0. The minimum Gasteiger partial charge on any atom is -0.298 e. The number of hydrogen-bond acceptors (Lipinski definition) is 1. The third kappa shape index (κ3) is 5.34. The van der Waals surface area contributed by atoms with Crippen molar-refractivity contribution in [2.45, 2.75) is 57.8 Å². The lowest BCUT2D eigenvalue weighted by Crippen LogP contribution is -1.88. The summed E-state index contributed by atoms with van der Waals surface area (Å²) in [6, 6.07) is 0. The van der Waals surface area contributed by atoms with Crippen LogP contribution in [0, 0.1) is 0 Å². The third-order valence-corrected chi connectivity index (χ3v) is 2.50. The Morgan fingerprint density at radius 1 is 0.667 bits per heavy atom. The summed E-state index contributed by atoms with van der Waals surface area (Å²) in [4.78, 5) is 4.38. The first-order chi connectivity index (χ1) is 6.00. The zero-order chi connectivity index (χ0) is 8.49. The molecule has 0 aromatic carbocycles. The summed E-state index contributed by atoms with van der Waals surface area (Å²) in [5.41, 5.74) is 0. The Bertz CT molecular complexity index is 104. The van der Waals surface area contributed by atoms with Gasteiger partial charge in [0.1, 0.15) is 0 Å². The van der Waals surface area contributed by atoms with Gasteiger partial charge in [-0.1, -0.05) is 38.5 Å². The number of aliphatic imine (C=N–C) groups is 1. The molecule has 1 heterocycles. The fourth-order valence-corrected chi connectivity index (χ4v) is 1.68. The van der Waals surface area contributed by atoms with E-state index >= 15 is 0 Å². The van der Waals surface area contributed by atoms with Crippen molar-refractivity contribution in [3.05, 3.63) is 0 Å². The molecule has 12 heavy (non-hydrogen) atoms. The van der Waals surface area contributed by atoms with Crippen molar-refractivity contribution in [3.63, 3.8) is 0 Å². The predicted molar refractivity (Wildman–Crippen MR) is 54.9 cm³/mol. The van der Waals surface area contributed by atoms with E-state index in [9.17, 15) is 0 Å². The summed E-state index contributed by atoms with van der Waals surface area (Å²) < 4.78 is 0. The second-order valence-electron chi connectivity index (χ2n) is 3.71. The fourth-order valence-electron chi connectivity index (χ4n) is 1.68. The molecule has 70 valence electrons. The molecule has 0 fully saturated rings. The Morgan fingerprint density at radius 2 is 1.25 bits per heavy atom. The zero-order valence-corrected chi connectivity index (χ0v) is 8.10. The van der Waals surface area contributed by atoms with Gasteiger partial charge in [-0.25, -0.2) is 0 Å². The molecule has 1 heteroatoms. The third-order valence-electron chi connectivity index (χ3n) is 2.50. The Morgan fingerprint density at radius 3 is 2.00 bits per heavy atom. The van der Waals surface area contributed by atoms with Crippen LogP contribution in [0.2, 0.25) is 0 Å². The van der Waals surface area contributed by atoms with Gasteiger partial charge in [0.25, 0.3) is 0 Å². The van der Waals surface area contributed by atoms with Crippen molar-refractivity contribution in [3.8, 4) is 0 Å². The molecule has 0 bridgehead atoms. The first-order valence-electron chi connectivity index (χ1n) is 5.48. The first-order valence-corrected chi connectivity index (χ1v) is 5.48. The molecule has 0 spiro atoms. The van der Waals surface area contributed by atoms with Crippen molar-refractivity contribution in [1.82, 2.24) is 0 Å². The maximum atomic E-state index is 4.38. The van der Waals surface area contributed by atoms with Crippen LogP contribution in [-0.2, 0) is 0 Å². The van der Waals surface area contributed by atoms with Crippen molar-refractivity contribution < 1.29 is 0 Å². The molecule has 0 atom stereocenters. The van der Waals surface area contributed by atoms with Crippen LogP contribution in [0.3, 0.4) is 0 Å². The van der Waals surface area contributed by atoms with E-state index in [1.165, 1.54) is 57.8 Å². The molecular formula is C11H21N. The van der Waals surface area contributed by atoms with E-state index < -0.39 is 0 Å². The van der Waals surface area contributed by atoms with Crippen LogP contribution in [0.25, 0.3) is 0 Å². The SMILES string of the molecule is C1=N/CCCCCCCCCC/1. The Hall–Kier alpha value is -0.330. The van der Waals surface area contributed by atoms with Gasteiger partial charge in [-0.05, 0) is 25.5 Å². The van der Waals surface area contributed by atoms with Gasteiger partial charge < -0.3 is 0 Å². The highest BCUT2D eigenvalue weighted by Crippen LogP contribution is 2.10. The highest BCUT2D eigenvalue weighted by atomic mass is 14.7. The van der Waals surface area contributed by atoms with E-state index in [4.69, 9.17) is 0 Å². The monoisotopic (exact) mass is 167 g/mol. The minimum absolute atomic E-state index is 1.07. The molecule has 0 aromatic heterocycles. The van der Waals surface area contributed by atoms with E-state index in [-0.39, 0.29) is 0 Å². The molecule has 0 amide bonds. The van der Waals surface area contributed by atoms with E-state index in [2.05, 4.69) is 11.2 Å². The standard InChI is InChI=1S/C11H21N/c1-2-4-6-8-10-12-11-9-7-5-3-1/h10H,1-9,11H2/b12-10+. The average Bonchev–Trinajstić information content (AvgIpc) is 2.05. The summed E-state index contributed by atoms with van der Waals surface area (Å²) in [5.74, 6) is 0. The number of hydrogen-bond donors (Lipinski definition) is 0. The van der Waals surface area contributed by atoms with Gasteiger partial charge >= 0.3 is 0 Å². The molecule has 1 aliphatic rings. The van der Waals surface area contributed by atoms with Crippen LogP contribution in [0.15, 0.2) is 4.99 Å². The molecule has 1 rings (SSSR count). The predicted octanol–water partition coefficient (Wildman–Crippen LogP) is 3.58. The Labute approximate surface area is 76.3 Å². The van der Waals surface area contributed by atoms with Crippen LogP contribution in [0.5, 0.6) is 0 Å². The van der Waals surface area contributed by atoms with Crippen molar-refractivity contribution in [2.75, 3.05) is 6.54 Å². The normalized spacial score (nSPS) is 25.3. The van der Waals surface area contributed by atoms with Crippen molar-refractivity contribution in [1.29, 1.82) is 0 Å². The Balaban J connectivity index is 2.10. The van der Waals surface area contributed by atoms with Gasteiger partial charge in [0.2, 0.25) is 0 Å². The lowest BCUT2D eigenvalue weighted by molar-refractivity contribution is 0.570. The topological polar surface area (TPSA) is 12.4 Å². The van der Waals surface area contributed by atoms with Crippen LogP contribution < -0.4 is 0 Å². The lowest BCUT2D eigenvalue weighted by atomic mass is 10.1. The van der Waals surface area contributed by atoms with Gasteiger partial charge in [0.15, 0.2) is 0 Å². The summed E-state index contributed by atoms with van der Waals surface area (Å²) in [6.07, 6.45) is 14.6. The number of rotatable bonds is 0.